The zero-order valence-electron chi connectivity index (χ0n) is 19.1. The monoisotopic (exact) mass is 438 g/mol. The highest BCUT2D eigenvalue weighted by Gasteiger charge is 2.15. The van der Waals surface area contributed by atoms with Gasteiger partial charge in [0, 0.05) is 41.6 Å². The van der Waals surface area contributed by atoms with E-state index in [0.717, 1.165) is 44.7 Å². The number of ether oxygens (including phenoxy) is 1. The third-order valence-electron chi connectivity index (χ3n) is 5.94. The summed E-state index contributed by atoms with van der Waals surface area (Å²) >= 11 is 0. The molecule has 6 nitrogen and oxygen atoms in total. The third kappa shape index (κ3) is 3.80. The molecule has 0 radical (unpaired) electrons. The first kappa shape index (κ1) is 20.7. The normalized spacial score (nSPS) is 11.3. The molecule has 0 aliphatic carbocycles. The van der Waals surface area contributed by atoms with Gasteiger partial charge in [-0.2, -0.15) is 0 Å². The van der Waals surface area contributed by atoms with Crippen LogP contribution >= 0.6 is 0 Å². The Morgan fingerprint density at radius 2 is 1.70 bits per heavy atom. The minimum atomic E-state index is -0.0671. The summed E-state index contributed by atoms with van der Waals surface area (Å²) in [5.41, 5.74) is 14.1. The van der Waals surface area contributed by atoms with Crippen molar-refractivity contribution < 1.29 is 4.74 Å². The minimum Gasteiger partial charge on any atom is -0.457 e. The smallest absolute Gasteiger partial charge is 0.274 e. The Balaban J connectivity index is 1.64. The maximum atomic E-state index is 12.9. The lowest BCUT2D eigenvalue weighted by Gasteiger charge is -2.12. The van der Waals surface area contributed by atoms with Gasteiger partial charge in [-0.15, -0.1) is 0 Å². The van der Waals surface area contributed by atoms with E-state index in [2.05, 4.69) is 16.0 Å². The number of aromatic nitrogens is 3. The van der Waals surface area contributed by atoms with Crippen molar-refractivity contribution >= 4 is 16.6 Å². The topological polar surface area (TPSA) is 88.8 Å². The van der Waals surface area contributed by atoms with Gasteiger partial charge < -0.3 is 25.0 Å². The molecule has 4 N–H and O–H groups in total. The summed E-state index contributed by atoms with van der Waals surface area (Å²) in [6.07, 6.45) is 1.88. The van der Waals surface area contributed by atoms with E-state index >= 15 is 0 Å². The Kier molecular flexibility index (Phi) is 4.86. The van der Waals surface area contributed by atoms with Crippen molar-refractivity contribution in [3.63, 3.8) is 0 Å². The van der Waals surface area contributed by atoms with E-state index in [4.69, 9.17) is 10.5 Å². The number of aromatic amines is 2. The number of nitrogen functional groups attached to an aromatic ring is 1. The molecule has 33 heavy (non-hydrogen) atoms. The van der Waals surface area contributed by atoms with Gasteiger partial charge in [0.1, 0.15) is 17.0 Å². The van der Waals surface area contributed by atoms with Crippen LogP contribution in [0.25, 0.3) is 33.4 Å². The second kappa shape index (κ2) is 7.74. The van der Waals surface area contributed by atoms with E-state index in [1.54, 1.807) is 11.6 Å². The Morgan fingerprint density at radius 1 is 0.879 bits per heavy atom. The van der Waals surface area contributed by atoms with Crippen LogP contribution in [0.3, 0.4) is 0 Å². The van der Waals surface area contributed by atoms with Crippen LogP contribution in [-0.2, 0) is 7.05 Å². The second-order valence-corrected chi connectivity index (χ2v) is 8.64. The van der Waals surface area contributed by atoms with Crippen molar-refractivity contribution in [1.82, 2.24) is 14.5 Å². The number of hydrogen-bond donors (Lipinski definition) is 3. The van der Waals surface area contributed by atoms with Gasteiger partial charge in [-0.05, 0) is 73.9 Å². The molecule has 5 rings (SSSR count). The fourth-order valence-corrected chi connectivity index (χ4v) is 4.15. The molecule has 0 amide bonds. The number of hydrogen-bond acceptors (Lipinski definition) is 3. The molecule has 0 atom stereocenters. The summed E-state index contributed by atoms with van der Waals surface area (Å²) in [4.78, 5) is 19.5. The van der Waals surface area contributed by atoms with E-state index in [-0.39, 0.29) is 5.56 Å². The molecular formula is C27H26N4O2. The minimum absolute atomic E-state index is 0.0671. The molecule has 0 aliphatic rings. The van der Waals surface area contributed by atoms with Crippen molar-refractivity contribution in [2.45, 2.75) is 20.8 Å². The fourth-order valence-electron chi connectivity index (χ4n) is 4.15. The number of nitrogens with zero attached hydrogens (tertiary/aromatic N) is 1. The maximum Gasteiger partial charge on any atom is 0.274 e. The summed E-state index contributed by atoms with van der Waals surface area (Å²) in [6.45, 7) is 6.00. The zero-order valence-corrected chi connectivity index (χ0v) is 19.1. The van der Waals surface area contributed by atoms with E-state index in [1.165, 1.54) is 0 Å². The van der Waals surface area contributed by atoms with Crippen LogP contribution in [0.15, 0.2) is 65.6 Å². The van der Waals surface area contributed by atoms with Crippen LogP contribution in [0.2, 0.25) is 0 Å². The predicted molar refractivity (Wildman–Crippen MR) is 134 cm³/mol. The Labute approximate surface area is 191 Å². The van der Waals surface area contributed by atoms with Crippen LogP contribution < -0.4 is 16.0 Å². The number of aryl methyl sites for hydroxylation is 4. The number of nitrogens with one attached hydrogen (secondary N) is 2. The molecule has 3 heterocycles. The molecule has 166 valence electrons. The lowest BCUT2D eigenvalue weighted by molar-refractivity contribution is 0.482. The summed E-state index contributed by atoms with van der Waals surface area (Å²) in [6, 6.07) is 17.8. The first-order valence-electron chi connectivity index (χ1n) is 10.8. The number of anilines is 1. The molecule has 2 aromatic carbocycles. The molecule has 0 unspecified atom stereocenters. The van der Waals surface area contributed by atoms with Crippen LogP contribution in [0.4, 0.5) is 5.69 Å². The molecule has 0 aliphatic heterocycles. The van der Waals surface area contributed by atoms with Crippen LogP contribution in [0.5, 0.6) is 11.5 Å². The summed E-state index contributed by atoms with van der Waals surface area (Å²) in [5, 5.41) is 0.872. The number of benzene rings is 2. The number of nitrogens with two attached hydrogens (primary N) is 1. The SMILES string of the molecule is Cc1cc(Oc2ccc(C)c(N)c2)cc(-c2cn(C)c(=O)c3[nH]c(-c4ccc(C)[nH]4)cc23)c1. The Hall–Kier alpha value is -4.19. The number of rotatable bonds is 4. The molecule has 6 heteroatoms. The zero-order chi connectivity index (χ0) is 23.3. The summed E-state index contributed by atoms with van der Waals surface area (Å²) < 4.78 is 7.75. The van der Waals surface area contributed by atoms with Gasteiger partial charge in [0.15, 0.2) is 0 Å². The van der Waals surface area contributed by atoms with Crippen molar-refractivity contribution in [1.29, 1.82) is 0 Å². The van der Waals surface area contributed by atoms with Gasteiger partial charge in [-0.3, -0.25) is 4.79 Å². The van der Waals surface area contributed by atoms with Gasteiger partial charge in [-0.25, -0.2) is 0 Å². The summed E-state index contributed by atoms with van der Waals surface area (Å²) in [5.74, 6) is 1.40. The number of H-pyrrole nitrogens is 2. The molecule has 5 aromatic rings. The van der Waals surface area contributed by atoms with Crippen molar-refractivity contribution in [2.75, 3.05) is 5.73 Å². The number of fused-ring (bicyclic) bond motifs is 1. The van der Waals surface area contributed by atoms with Gasteiger partial charge in [0.05, 0.1) is 11.4 Å². The highest BCUT2D eigenvalue weighted by Crippen LogP contribution is 2.34. The Morgan fingerprint density at radius 3 is 2.42 bits per heavy atom. The van der Waals surface area contributed by atoms with Crippen molar-refractivity contribution in [3.8, 4) is 34.0 Å². The first-order valence-corrected chi connectivity index (χ1v) is 10.8. The van der Waals surface area contributed by atoms with Crippen LogP contribution in [0, 0.1) is 20.8 Å². The van der Waals surface area contributed by atoms with E-state index in [0.29, 0.717) is 22.7 Å². The quantitative estimate of drug-likeness (QED) is 0.309. The maximum absolute atomic E-state index is 12.9. The molecule has 0 saturated carbocycles. The molecule has 3 aromatic heterocycles. The summed E-state index contributed by atoms with van der Waals surface area (Å²) in [7, 11) is 1.77. The van der Waals surface area contributed by atoms with Crippen molar-refractivity contribution in [2.24, 2.45) is 7.05 Å². The highest BCUT2D eigenvalue weighted by atomic mass is 16.5. The lowest BCUT2D eigenvalue weighted by atomic mass is 10.0. The van der Waals surface area contributed by atoms with E-state index in [9.17, 15) is 4.79 Å². The van der Waals surface area contributed by atoms with Gasteiger partial charge in [0.25, 0.3) is 5.56 Å². The van der Waals surface area contributed by atoms with E-state index in [1.807, 2.05) is 75.5 Å². The van der Waals surface area contributed by atoms with Gasteiger partial charge in [0.2, 0.25) is 0 Å². The highest BCUT2D eigenvalue weighted by molar-refractivity contribution is 5.97. The van der Waals surface area contributed by atoms with Gasteiger partial charge >= 0.3 is 0 Å². The van der Waals surface area contributed by atoms with Crippen LogP contribution in [-0.4, -0.2) is 14.5 Å². The average Bonchev–Trinajstić information content (AvgIpc) is 3.40. The standard InChI is InChI=1S/C27H26N4O2/c1-15-9-18(11-20(10-15)33-19-7-5-16(2)23(28)12-19)22-14-31(4)27(32)26-21(22)13-25(30-26)24-8-6-17(3)29-24/h5-14,29-30H,28H2,1-4H3. The molecule has 0 saturated heterocycles. The number of pyridine rings is 1. The molecular weight excluding hydrogens is 412 g/mol. The first-order chi connectivity index (χ1) is 15.8. The Bertz CT molecular complexity index is 1570. The lowest BCUT2D eigenvalue weighted by Crippen LogP contribution is -2.16. The molecule has 0 bridgehead atoms. The van der Waals surface area contributed by atoms with Crippen LogP contribution in [0.1, 0.15) is 16.8 Å². The molecule has 0 spiro atoms. The molecule has 0 fully saturated rings. The van der Waals surface area contributed by atoms with Crippen molar-refractivity contribution in [3.05, 3.63) is 88.0 Å². The predicted octanol–water partition coefficient (Wildman–Crippen LogP) is 5.83. The third-order valence-corrected chi connectivity index (χ3v) is 5.94. The second-order valence-electron chi connectivity index (χ2n) is 8.64. The van der Waals surface area contributed by atoms with E-state index < -0.39 is 0 Å². The largest absolute Gasteiger partial charge is 0.457 e. The fraction of sp³-hybridized carbons (Fsp3) is 0.148. The average molecular weight is 439 g/mol. The van der Waals surface area contributed by atoms with Gasteiger partial charge in [-0.1, -0.05) is 12.1 Å².